The summed E-state index contributed by atoms with van der Waals surface area (Å²) in [5, 5.41) is 17.7. The zero-order valence-corrected chi connectivity index (χ0v) is 32.8. The SMILES string of the molecule is COC(=O)c1cccc(Cn2nc(-c3ccc(OC)c(OC(F)F)c3)ccc2=O)c1.COc1ccc(-c2ccc(=O)n(Cc3cccc(C(=O)O)c3)n2)cc1OC(F)F.[Li+].[OH-]. The molecule has 20 heteroatoms. The minimum Gasteiger partial charge on any atom is -0.870 e. The molecule has 2 heterocycles. The summed E-state index contributed by atoms with van der Waals surface area (Å²) < 4.78 is 76.7. The van der Waals surface area contributed by atoms with Crippen molar-refractivity contribution < 1.29 is 80.3 Å². The summed E-state index contributed by atoms with van der Waals surface area (Å²) in [6.45, 7) is -5.89. The van der Waals surface area contributed by atoms with Crippen molar-refractivity contribution in [1.29, 1.82) is 0 Å². The van der Waals surface area contributed by atoms with Crippen LogP contribution in [0.4, 0.5) is 17.6 Å². The number of carbonyl (C=O) groups excluding carboxylic acids is 1. The van der Waals surface area contributed by atoms with Crippen molar-refractivity contribution in [1.82, 2.24) is 19.6 Å². The number of ether oxygens (including phenoxy) is 5. The first-order valence-corrected chi connectivity index (χ1v) is 17.2. The zero-order valence-electron chi connectivity index (χ0n) is 32.8. The predicted octanol–water partition coefficient (Wildman–Crippen LogP) is 3.45. The first-order valence-electron chi connectivity index (χ1n) is 17.2. The maximum absolute atomic E-state index is 12.7. The Balaban J connectivity index is 0.000000315. The van der Waals surface area contributed by atoms with Gasteiger partial charge in [0.2, 0.25) is 0 Å². The van der Waals surface area contributed by atoms with Gasteiger partial charge in [0.1, 0.15) is 0 Å². The number of nitrogens with zero attached hydrogens (tertiary/aromatic N) is 4. The molecule has 0 saturated heterocycles. The number of aromatic carboxylic acids is 1. The van der Waals surface area contributed by atoms with Gasteiger partial charge in [0.05, 0.1) is 56.9 Å². The maximum Gasteiger partial charge on any atom is 1.00 e. The summed E-state index contributed by atoms with van der Waals surface area (Å²) in [6.07, 6.45) is 0. The van der Waals surface area contributed by atoms with Gasteiger partial charge in [-0.1, -0.05) is 24.3 Å². The third-order valence-corrected chi connectivity index (χ3v) is 8.27. The number of carboxylic acid groups (broad SMARTS) is 1. The van der Waals surface area contributed by atoms with Crippen molar-refractivity contribution in [3.8, 4) is 45.5 Å². The number of carboxylic acids is 1. The van der Waals surface area contributed by atoms with Crippen molar-refractivity contribution in [3.05, 3.63) is 152 Å². The molecule has 4 aromatic carbocycles. The van der Waals surface area contributed by atoms with E-state index >= 15 is 0 Å². The molecule has 15 nitrogen and oxygen atoms in total. The standard InChI is InChI=1S/C21H18F2N2O5.C20H16F2N2O5.Li.H2O/c1-28-17-8-6-14(11-18(17)30-21(22)23)16-7-9-19(26)25(24-16)12-13-4-3-5-15(10-13)20(27)29-2;1-28-16-7-5-13(10-17(16)29-20(21)22)15-6-8-18(25)24(23-15)11-12-3-2-4-14(9-12)19(26)27;;/h3-11,21H,12H2,1-2H3;2-10,20H,11H2,1H3,(H,26,27);;1H2/q;;+1;/p-1. The molecule has 6 rings (SSSR count). The number of halogens is 4. The minimum atomic E-state index is -3.03. The van der Waals surface area contributed by atoms with Crippen molar-refractivity contribution in [3.63, 3.8) is 0 Å². The fourth-order valence-electron chi connectivity index (χ4n) is 5.54. The molecule has 0 unspecified atom stereocenters. The quantitative estimate of drug-likeness (QED) is 0.0951. The summed E-state index contributed by atoms with van der Waals surface area (Å²) in [5.74, 6) is -1.59. The molecule has 0 radical (unpaired) electrons. The first-order chi connectivity index (χ1) is 28.3. The van der Waals surface area contributed by atoms with Gasteiger partial charge in [0.25, 0.3) is 11.1 Å². The minimum absolute atomic E-state index is 0. The third kappa shape index (κ3) is 13.0. The Morgan fingerprint density at radius 1 is 0.607 bits per heavy atom. The molecule has 61 heavy (non-hydrogen) atoms. The van der Waals surface area contributed by atoms with Crippen LogP contribution < -0.4 is 48.9 Å². The average molecular weight is 843 g/mol. The van der Waals surface area contributed by atoms with Crippen LogP contribution in [0.3, 0.4) is 0 Å². The summed E-state index contributed by atoms with van der Waals surface area (Å²) in [4.78, 5) is 47.3. The smallest absolute Gasteiger partial charge is 0.870 e. The van der Waals surface area contributed by atoms with E-state index in [-0.39, 0.29) is 71.5 Å². The van der Waals surface area contributed by atoms with Crippen LogP contribution in [0.2, 0.25) is 0 Å². The van der Waals surface area contributed by atoms with Gasteiger partial charge in [-0.25, -0.2) is 19.0 Å². The van der Waals surface area contributed by atoms with Crippen LogP contribution in [-0.2, 0) is 17.8 Å². The van der Waals surface area contributed by atoms with E-state index in [4.69, 9.17) is 19.3 Å². The van der Waals surface area contributed by atoms with Gasteiger partial charge < -0.3 is 34.3 Å². The Labute approximate surface area is 356 Å². The van der Waals surface area contributed by atoms with E-state index in [0.29, 0.717) is 39.2 Å². The Morgan fingerprint density at radius 3 is 1.43 bits per heavy atom. The van der Waals surface area contributed by atoms with Gasteiger partial charge in [-0.3, -0.25) is 9.59 Å². The van der Waals surface area contributed by atoms with Crippen LogP contribution in [0.15, 0.2) is 119 Å². The summed E-state index contributed by atoms with van der Waals surface area (Å²) in [6, 6.07) is 27.2. The zero-order chi connectivity index (χ0) is 42.6. The normalized spacial score (nSPS) is 10.4. The summed E-state index contributed by atoms with van der Waals surface area (Å²) in [5.41, 5.74) is 2.55. The molecule has 2 N–H and O–H groups in total. The van der Waals surface area contributed by atoms with E-state index in [1.807, 2.05) is 0 Å². The van der Waals surface area contributed by atoms with E-state index in [1.165, 1.54) is 86.7 Å². The number of carbonyl (C=O) groups is 2. The van der Waals surface area contributed by atoms with Crippen molar-refractivity contribution in [2.24, 2.45) is 0 Å². The van der Waals surface area contributed by atoms with Gasteiger partial charge in [-0.05, 0) is 83.9 Å². The topological polar surface area (TPSA) is 200 Å². The summed E-state index contributed by atoms with van der Waals surface area (Å²) in [7, 11) is 3.95. The van der Waals surface area contributed by atoms with Crippen LogP contribution in [0.25, 0.3) is 22.5 Å². The molecular formula is C41H35F4LiN4O11. The van der Waals surface area contributed by atoms with Crippen LogP contribution in [0.5, 0.6) is 23.0 Å². The molecular weight excluding hydrogens is 807 g/mol. The third-order valence-electron chi connectivity index (χ3n) is 8.27. The molecule has 0 bridgehead atoms. The number of methoxy groups -OCH3 is 3. The first kappa shape index (κ1) is 48.4. The number of alkyl halides is 4. The Hall–Kier alpha value is -6.94. The molecule has 0 spiro atoms. The van der Waals surface area contributed by atoms with Crippen LogP contribution in [0.1, 0.15) is 31.8 Å². The number of rotatable bonds is 14. The molecule has 314 valence electrons. The molecule has 0 aliphatic rings. The molecule has 0 amide bonds. The van der Waals surface area contributed by atoms with Crippen LogP contribution >= 0.6 is 0 Å². The molecule has 2 aromatic heterocycles. The average Bonchev–Trinajstić information content (AvgIpc) is 3.22. The molecule has 0 fully saturated rings. The number of hydrogen-bond acceptors (Lipinski definition) is 12. The number of aromatic nitrogens is 4. The predicted molar refractivity (Wildman–Crippen MR) is 206 cm³/mol. The summed E-state index contributed by atoms with van der Waals surface area (Å²) >= 11 is 0. The molecule has 6 aromatic rings. The molecule has 0 aliphatic carbocycles. The second-order valence-electron chi connectivity index (χ2n) is 12.1. The number of benzene rings is 4. The van der Waals surface area contributed by atoms with Gasteiger partial charge in [-0.2, -0.15) is 27.8 Å². The van der Waals surface area contributed by atoms with Crippen LogP contribution in [-0.4, -0.2) is 76.6 Å². The number of hydrogen-bond donors (Lipinski definition) is 1. The van der Waals surface area contributed by atoms with Crippen LogP contribution in [0, 0.1) is 0 Å². The molecule has 0 saturated carbocycles. The van der Waals surface area contributed by atoms with Gasteiger partial charge >= 0.3 is 44.0 Å². The Kier molecular flexibility index (Phi) is 17.8. The van der Waals surface area contributed by atoms with Crippen molar-refractivity contribution in [2.45, 2.75) is 26.3 Å². The van der Waals surface area contributed by atoms with E-state index in [9.17, 15) is 36.7 Å². The largest absolute Gasteiger partial charge is 1.00 e. The van der Waals surface area contributed by atoms with Gasteiger partial charge in [0, 0.05) is 23.3 Å². The fourth-order valence-corrected chi connectivity index (χ4v) is 5.54. The Morgan fingerprint density at radius 2 is 1.03 bits per heavy atom. The molecule has 0 aliphatic heterocycles. The number of esters is 1. The Bertz CT molecular complexity index is 2570. The van der Waals surface area contributed by atoms with Crippen molar-refractivity contribution in [2.75, 3.05) is 21.3 Å². The van der Waals surface area contributed by atoms with Gasteiger partial charge in [0.15, 0.2) is 23.0 Å². The van der Waals surface area contributed by atoms with E-state index in [0.717, 1.165) is 4.68 Å². The van der Waals surface area contributed by atoms with E-state index < -0.39 is 30.7 Å². The monoisotopic (exact) mass is 842 g/mol. The van der Waals surface area contributed by atoms with Gasteiger partial charge in [-0.15, -0.1) is 0 Å². The second kappa shape index (κ2) is 22.4. The van der Waals surface area contributed by atoms with Crippen molar-refractivity contribution >= 4 is 11.9 Å². The maximum atomic E-state index is 12.7. The van der Waals surface area contributed by atoms with E-state index in [2.05, 4.69) is 19.7 Å². The molecule has 0 atom stereocenters. The second-order valence-corrected chi connectivity index (χ2v) is 12.1. The fraction of sp³-hybridized carbons (Fsp3) is 0.171. The van der Waals surface area contributed by atoms with E-state index in [1.54, 1.807) is 48.5 Å².